The van der Waals surface area contributed by atoms with Gasteiger partial charge in [-0.2, -0.15) is 0 Å². The fourth-order valence-electron chi connectivity index (χ4n) is 3.43. The van der Waals surface area contributed by atoms with E-state index in [2.05, 4.69) is 34.8 Å². The van der Waals surface area contributed by atoms with Gasteiger partial charge in [0.1, 0.15) is 4.99 Å². The van der Waals surface area contributed by atoms with Crippen molar-refractivity contribution in [1.82, 2.24) is 9.47 Å². The van der Waals surface area contributed by atoms with Gasteiger partial charge in [0.2, 0.25) is 0 Å². The summed E-state index contributed by atoms with van der Waals surface area (Å²) in [6, 6.07) is 9.05. The van der Waals surface area contributed by atoms with Crippen molar-refractivity contribution < 1.29 is 0 Å². The molecular formula is C17H23N3S. The number of aromatic nitrogens is 1. The van der Waals surface area contributed by atoms with Crippen molar-refractivity contribution in [3.8, 4) is 0 Å². The van der Waals surface area contributed by atoms with Gasteiger partial charge in [0.05, 0.1) is 0 Å². The average molecular weight is 301 g/mol. The van der Waals surface area contributed by atoms with Crippen LogP contribution in [0.25, 0.3) is 10.9 Å². The molecule has 1 aromatic heterocycles. The highest BCUT2D eigenvalue weighted by Gasteiger charge is 2.18. The molecule has 0 aliphatic carbocycles. The van der Waals surface area contributed by atoms with Gasteiger partial charge in [0.15, 0.2) is 0 Å². The van der Waals surface area contributed by atoms with Crippen LogP contribution in [0.5, 0.6) is 0 Å². The Morgan fingerprint density at radius 1 is 1.33 bits per heavy atom. The summed E-state index contributed by atoms with van der Waals surface area (Å²) >= 11 is 5.14. The van der Waals surface area contributed by atoms with Gasteiger partial charge in [-0.1, -0.05) is 30.8 Å². The van der Waals surface area contributed by atoms with E-state index in [1.165, 1.54) is 43.1 Å². The second kappa shape index (κ2) is 6.16. The Balaban J connectivity index is 1.78. The highest BCUT2D eigenvalue weighted by molar-refractivity contribution is 7.80. The molecule has 1 fully saturated rings. The number of nitrogens with two attached hydrogens (primary N) is 1. The number of hydrogen-bond donors (Lipinski definition) is 1. The van der Waals surface area contributed by atoms with E-state index in [1.807, 2.05) is 12.1 Å². The van der Waals surface area contributed by atoms with Gasteiger partial charge in [-0.05, 0) is 45.0 Å². The molecule has 1 saturated heterocycles. The zero-order valence-corrected chi connectivity index (χ0v) is 13.4. The van der Waals surface area contributed by atoms with Crippen LogP contribution in [0.4, 0.5) is 0 Å². The van der Waals surface area contributed by atoms with Gasteiger partial charge in [-0.25, -0.2) is 0 Å². The van der Waals surface area contributed by atoms with E-state index in [1.54, 1.807) is 0 Å². The molecule has 0 radical (unpaired) electrons. The minimum Gasteiger partial charge on any atom is -0.389 e. The minimum absolute atomic E-state index is 0.477. The molecular weight excluding hydrogens is 278 g/mol. The van der Waals surface area contributed by atoms with Crippen LogP contribution >= 0.6 is 12.2 Å². The molecule has 1 aliphatic rings. The van der Waals surface area contributed by atoms with Crippen LogP contribution in [0.1, 0.15) is 31.2 Å². The smallest absolute Gasteiger partial charge is 0.104 e. The largest absolute Gasteiger partial charge is 0.389 e. The predicted molar refractivity (Wildman–Crippen MR) is 92.7 cm³/mol. The van der Waals surface area contributed by atoms with Crippen molar-refractivity contribution in [2.75, 3.05) is 13.6 Å². The molecule has 0 spiro atoms. The zero-order chi connectivity index (χ0) is 14.8. The average Bonchev–Trinajstić information content (AvgIpc) is 2.89. The van der Waals surface area contributed by atoms with Crippen molar-refractivity contribution in [3.63, 3.8) is 0 Å². The van der Waals surface area contributed by atoms with Crippen molar-refractivity contribution in [3.05, 3.63) is 36.0 Å². The number of likely N-dealkylation sites (tertiary alicyclic amines) is 1. The number of nitrogens with zero attached hydrogens (tertiary/aromatic N) is 2. The Bertz CT molecular complexity index is 647. The lowest BCUT2D eigenvalue weighted by molar-refractivity contribution is 0.171. The summed E-state index contributed by atoms with van der Waals surface area (Å²) in [7, 11) is 2.25. The van der Waals surface area contributed by atoms with Gasteiger partial charge in [-0.3, -0.25) is 0 Å². The molecule has 2 aromatic rings. The fraction of sp³-hybridized carbons (Fsp3) is 0.471. The molecule has 0 saturated carbocycles. The van der Waals surface area contributed by atoms with Crippen LogP contribution in [0.15, 0.2) is 30.5 Å². The molecule has 4 heteroatoms. The maximum absolute atomic E-state index is 5.81. The topological polar surface area (TPSA) is 34.2 Å². The highest BCUT2D eigenvalue weighted by atomic mass is 32.1. The molecule has 1 aromatic carbocycles. The van der Waals surface area contributed by atoms with E-state index >= 15 is 0 Å². The lowest BCUT2D eigenvalue weighted by Crippen LogP contribution is -2.36. The number of thiocarbonyl (C=S) groups is 1. The second-order valence-corrected chi connectivity index (χ2v) is 6.47. The summed E-state index contributed by atoms with van der Waals surface area (Å²) in [5, 5.41) is 1.17. The number of rotatable bonds is 4. The third-order valence-corrected chi connectivity index (χ3v) is 4.92. The fourth-order valence-corrected chi connectivity index (χ4v) is 3.61. The third kappa shape index (κ3) is 2.97. The normalized spacial score (nSPS) is 20.0. The van der Waals surface area contributed by atoms with E-state index in [4.69, 9.17) is 18.0 Å². The Kier molecular flexibility index (Phi) is 4.27. The van der Waals surface area contributed by atoms with Crippen LogP contribution in [-0.4, -0.2) is 34.1 Å². The quantitative estimate of drug-likeness (QED) is 0.881. The Morgan fingerprint density at radius 3 is 2.95 bits per heavy atom. The third-order valence-electron chi connectivity index (χ3n) is 4.70. The maximum Gasteiger partial charge on any atom is 0.104 e. The number of hydrogen-bond acceptors (Lipinski definition) is 2. The van der Waals surface area contributed by atoms with Crippen LogP contribution in [0, 0.1) is 0 Å². The maximum atomic E-state index is 5.81. The first-order chi connectivity index (χ1) is 10.2. The molecule has 0 bridgehead atoms. The van der Waals surface area contributed by atoms with Gasteiger partial charge in [0.25, 0.3) is 0 Å². The van der Waals surface area contributed by atoms with Gasteiger partial charge >= 0.3 is 0 Å². The number of fused-ring (bicyclic) bond motifs is 1. The standard InChI is InChI=1S/C17H23N3S/c1-19-10-3-2-5-13(19)8-11-20-12-9-14-15(17(18)21)6-4-7-16(14)20/h4,6-7,9,12-13H,2-3,5,8,10-11H2,1H3,(H2,18,21). The van der Waals surface area contributed by atoms with E-state index in [-0.39, 0.29) is 0 Å². The van der Waals surface area contributed by atoms with Crippen molar-refractivity contribution in [2.45, 2.75) is 38.3 Å². The predicted octanol–water partition coefficient (Wildman–Crippen LogP) is 3.15. The summed E-state index contributed by atoms with van der Waals surface area (Å²) in [6.45, 7) is 2.29. The summed E-state index contributed by atoms with van der Waals surface area (Å²) < 4.78 is 2.33. The number of piperidine rings is 1. The summed E-state index contributed by atoms with van der Waals surface area (Å²) in [6.07, 6.45) is 7.41. The summed E-state index contributed by atoms with van der Waals surface area (Å²) in [5.41, 5.74) is 8.03. The molecule has 3 rings (SSSR count). The number of aryl methyl sites for hydroxylation is 1. The molecule has 2 N–H and O–H groups in total. The Morgan fingerprint density at radius 2 is 2.19 bits per heavy atom. The Hall–Kier alpha value is -1.39. The Labute approximate surface area is 131 Å². The molecule has 3 nitrogen and oxygen atoms in total. The first-order valence-electron chi connectivity index (χ1n) is 7.74. The van der Waals surface area contributed by atoms with Gasteiger partial charge < -0.3 is 15.2 Å². The summed E-state index contributed by atoms with van der Waals surface area (Å²) in [5.74, 6) is 0. The van der Waals surface area contributed by atoms with Crippen LogP contribution in [-0.2, 0) is 6.54 Å². The molecule has 1 unspecified atom stereocenters. The SMILES string of the molecule is CN1CCCCC1CCn1ccc2c(C(N)=S)cccc21. The van der Waals surface area contributed by atoms with Crippen molar-refractivity contribution in [1.29, 1.82) is 0 Å². The molecule has 1 atom stereocenters. The zero-order valence-electron chi connectivity index (χ0n) is 12.6. The second-order valence-electron chi connectivity index (χ2n) is 6.03. The van der Waals surface area contributed by atoms with Crippen molar-refractivity contribution >= 4 is 28.1 Å². The van der Waals surface area contributed by atoms with Crippen LogP contribution < -0.4 is 5.73 Å². The molecule has 112 valence electrons. The first kappa shape index (κ1) is 14.5. The van der Waals surface area contributed by atoms with Crippen LogP contribution in [0.3, 0.4) is 0 Å². The van der Waals surface area contributed by atoms with Gasteiger partial charge in [-0.15, -0.1) is 0 Å². The molecule has 21 heavy (non-hydrogen) atoms. The summed E-state index contributed by atoms with van der Waals surface area (Å²) in [4.78, 5) is 2.99. The van der Waals surface area contributed by atoms with E-state index in [0.29, 0.717) is 4.99 Å². The number of benzene rings is 1. The van der Waals surface area contributed by atoms with Crippen molar-refractivity contribution in [2.24, 2.45) is 5.73 Å². The molecule has 1 aliphatic heterocycles. The van der Waals surface area contributed by atoms with E-state index in [0.717, 1.165) is 18.2 Å². The van der Waals surface area contributed by atoms with Crippen LogP contribution in [0.2, 0.25) is 0 Å². The van der Waals surface area contributed by atoms with Gasteiger partial charge in [0, 0.05) is 35.2 Å². The van der Waals surface area contributed by atoms with E-state index in [9.17, 15) is 0 Å². The lowest BCUT2D eigenvalue weighted by atomic mass is 10.0. The molecule has 0 amide bonds. The monoisotopic (exact) mass is 301 g/mol. The van der Waals surface area contributed by atoms with E-state index < -0.39 is 0 Å². The lowest BCUT2D eigenvalue weighted by Gasteiger charge is -2.32. The molecule has 2 heterocycles. The highest BCUT2D eigenvalue weighted by Crippen LogP contribution is 2.23. The first-order valence-corrected chi connectivity index (χ1v) is 8.15. The minimum atomic E-state index is 0.477.